The third-order valence-electron chi connectivity index (χ3n) is 6.13. The Kier molecular flexibility index (Phi) is 6.00. The lowest BCUT2D eigenvalue weighted by molar-refractivity contribution is 0.0446. The number of ether oxygens (including phenoxy) is 2. The molecule has 2 aliphatic rings. The summed E-state index contributed by atoms with van der Waals surface area (Å²) in [5.41, 5.74) is 2.57. The number of benzene rings is 2. The fraction of sp³-hybridized carbons (Fsp3) is 0.480. The first-order chi connectivity index (χ1) is 14.5. The van der Waals surface area contributed by atoms with Gasteiger partial charge in [0.1, 0.15) is 29.8 Å². The van der Waals surface area contributed by atoms with Crippen molar-refractivity contribution in [2.75, 3.05) is 18.5 Å². The molecule has 0 saturated heterocycles. The van der Waals surface area contributed by atoms with E-state index in [4.69, 9.17) is 9.47 Å². The van der Waals surface area contributed by atoms with Crippen LogP contribution in [0.3, 0.4) is 0 Å². The molecule has 1 aliphatic carbocycles. The number of Topliss-reactive ketones (excluding diaryl/α,β-unsaturated/α-hetero) is 1. The Labute approximate surface area is 178 Å². The van der Waals surface area contributed by atoms with E-state index in [-0.39, 0.29) is 18.0 Å². The maximum Gasteiger partial charge on any atom is 0.170 e. The summed E-state index contributed by atoms with van der Waals surface area (Å²) in [5, 5.41) is 13.7. The monoisotopic (exact) mass is 409 g/mol. The highest BCUT2D eigenvalue weighted by Crippen LogP contribution is 2.43. The Hall–Kier alpha value is -2.53. The molecular weight excluding hydrogens is 378 g/mol. The van der Waals surface area contributed by atoms with Crippen LogP contribution in [0, 0.1) is 0 Å². The minimum Gasteiger partial charge on any atom is -0.491 e. The van der Waals surface area contributed by atoms with Gasteiger partial charge in [-0.3, -0.25) is 4.79 Å². The van der Waals surface area contributed by atoms with Crippen LogP contribution >= 0.6 is 0 Å². The summed E-state index contributed by atoms with van der Waals surface area (Å²) in [7, 11) is 0. The molecule has 1 fully saturated rings. The van der Waals surface area contributed by atoms with Crippen molar-refractivity contribution in [2.24, 2.45) is 0 Å². The van der Waals surface area contributed by atoms with Crippen molar-refractivity contribution in [3.8, 4) is 11.5 Å². The van der Waals surface area contributed by atoms with Crippen LogP contribution in [0.25, 0.3) is 0 Å². The molecule has 0 amide bonds. The van der Waals surface area contributed by atoms with Crippen LogP contribution in [-0.4, -0.2) is 35.7 Å². The molecule has 1 atom stereocenters. The first-order valence-electron chi connectivity index (χ1n) is 11.0. The van der Waals surface area contributed by atoms with Crippen molar-refractivity contribution in [1.29, 1.82) is 0 Å². The SMILES string of the molecule is CC(C)c1ccccc1NCC(O)COc1ccc2c(c1)OC1(CCCC1)CC2=O. The van der Waals surface area contributed by atoms with Gasteiger partial charge in [-0.2, -0.15) is 0 Å². The van der Waals surface area contributed by atoms with Crippen molar-refractivity contribution in [3.63, 3.8) is 0 Å². The molecule has 4 rings (SSSR count). The molecule has 1 saturated carbocycles. The number of anilines is 1. The average Bonchev–Trinajstić information content (AvgIpc) is 3.17. The van der Waals surface area contributed by atoms with Gasteiger partial charge in [-0.05, 0) is 55.4 Å². The second-order valence-electron chi connectivity index (χ2n) is 8.84. The second-order valence-corrected chi connectivity index (χ2v) is 8.84. The molecular formula is C25H31NO4. The number of fused-ring (bicyclic) bond motifs is 1. The van der Waals surface area contributed by atoms with Crippen LogP contribution in [-0.2, 0) is 0 Å². The molecule has 0 bridgehead atoms. The van der Waals surface area contributed by atoms with E-state index in [0.29, 0.717) is 35.9 Å². The summed E-state index contributed by atoms with van der Waals surface area (Å²) in [6.45, 7) is 4.86. The number of ketones is 1. The normalized spacial score (nSPS) is 18.2. The molecule has 1 aliphatic heterocycles. The van der Waals surface area contributed by atoms with Gasteiger partial charge in [0.2, 0.25) is 0 Å². The van der Waals surface area contributed by atoms with Crippen molar-refractivity contribution in [2.45, 2.75) is 63.6 Å². The number of hydrogen-bond donors (Lipinski definition) is 2. The Morgan fingerprint density at radius 3 is 2.70 bits per heavy atom. The van der Waals surface area contributed by atoms with E-state index >= 15 is 0 Å². The van der Waals surface area contributed by atoms with Gasteiger partial charge in [0.05, 0.1) is 12.0 Å². The van der Waals surface area contributed by atoms with E-state index in [1.165, 1.54) is 5.56 Å². The fourth-order valence-corrected chi connectivity index (χ4v) is 4.50. The van der Waals surface area contributed by atoms with E-state index in [1.54, 1.807) is 18.2 Å². The van der Waals surface area contributed by atoms with E-state index in [1.807, 2.05) is 18.2 Å². The molecule has 2 N–H and O–H groups in total. The van der Waals surface area contributed by atoms with E-state index in [9.17, 15) is 9.90 Å². The van der Waals surface area contributed by atoms with Crippen molar-refractivity contribution in [3.05, 3.63) is 53.6 Å². The van der Waals surface area contributed by atoms with Crippen LogP contribution in [0.4, 0.5) is 5.69 Å². The predicted octanol–water partition coefficient (Wildman–Crippen LogP) is 4.94. The summed E-state index contributed by atoms with van der Waals surface area (Å²) in [6, 6.07) is 13.5. The number of carbonyl (C=O) groups excluding carboxylic acids is 1. The third kappa shape index (κ3) is 4.46. The molecule has 5 heteroatoms. The van der Waals surface area contributed by atoms with Crippen LogP contribution < -0.4 is 14.8 Å². The van der Waals surface area contributed by atoms with Gasteiger partial charge >= 0.3 is 0 Å². The maximum absolute atomic E-state index is 12.6. The van der Waals surface area contributed by atoms with Gasteiger partial charge in [0, 0.05) is 18.3 Å². The van der Waals surface area contributed by atoms with Gasteiger partial charge in [-0.15, -0.1) is 0 Å². The molecule has 30 heavy (non-hydrogen) atoms. The summed E-state index contributed by atoms with van der Waals surface area (Å²) < 4.78 is 12.1. The number of aliphatic hydroxyl groups excluding tert-OH is 1. The van der Waals surface area contributed by atoms with Crippen LogP contribution in [0.1, 0.15) is 67.8 Å². The summed E-state index contributed by atoms with van der Waals surface area (Å²) in [4.78, 5) is 12.6. The smallest absolute Gasteiger partial charge is 0.170 e. The van der Waals surface area contributed by atoms with Crippen molar-refractivity contribution in [1.82, 2.24) is 0 Å². The number of aliphatic hydroxyl groups is 1. The van der Waals surface area contributed by atoms with Crippen molar-refractivity contribution >= 4 is 11.5 Å². The minimum absolute atomic E-state index is 0.151. The zero-order chi connectivity index (χ0) is 21.1. The lowest BCUT2D eigenvalue weighted by Crippen LogP contribution is -2.39. The predicted molar refractivity (Wildman–Crippen MR) is 118 cm³/mol. The number of rotatable bonds is 7. The summed E-state index contributed by atoms with van der Waals surface area (Å²) in [6.07, 6.45) is 3.90. The number of nitrogens with one attached hydrogen (secondary N) is 1. The first-order valence-corrected chi connectivity index (χ1v) is 11.0. The zero-order valence-corrected chi connectivity index (χ0v) is 17.8. The molecule has 1 spiro atoms. The standard InChI is InChI=1S/C25H31NO4/c1-17(2)20-7-3-4-8-22(20)26-15-18(27)16-29-19-9-10-21-23(28)14-25(11-5-6-12-25)30-24(21)13-19/h3-4,7-10,13,17-18,26-27H,5-6,11-12,14-16H2,1-2H3. The highest BCUT2D eigenvalue weighted by atomic mass is 16.5. The molecule has 0 aromatic heterocycles. The number of para-hydroxylation sites is 1. The summed E-state index contributed by atoms with van der Waals surface area (Å²) >= 11 is 0. The molecule has 1 unspecified atom stereocenters. The van der Waals surface area contributed by atoms with Crippen LogP contribution in [0.5, 0.6) is 11.5 Å². The Morgan fingerprint density at radius 1 is 1.17 bits per heavy atom. The fourth-order valence-electron chi connectivity index (χ4n) is 4.50. The maximum atomic E-state index is 12.6. The molecule has 2 aromatic carbocycles. The van der Waals surface area contributed by atoms with Gasteiger partial charge in [-0.25, -0.2) is 0 Å². The zero-order valence-electron chi connectivity index (χ0n) is 17.8. The van der Waals surface area contributed by atoms with Gasteiger partial charge in [0.15, 0.2) is 5.78 Å². The van der Waals surface area contributed by atoms with Gasteiger partial charge in [-0.1, -0.05) is 32.0 Å². The largest absolute Gasteiger partial charge is 0.491 e. The third-order valence-corrected chi connectivity index (χ3v) is 6.13. The highest BCUT2D eigenvalue weighted by Gasteiger charge is 2.42. The Bertz CT molecular complexity index is 902. The van der Waals surface area contributed by atoms with Gasteiger partial charge in [0.25, 0.3) is 0 Å². The topological polar surface area (TPSA) is 67.8 Å². The van der Waals surface area contributed by atoms with Crippen molar-refractivity contribution < 1.29 is 19.4 Å². The quantitative estimate of drug-likeness (QED) is 0.678. The second kappa shape index (κ2) is 8.68. The Balaban J connectivity index is 1.35. The number of hydrogen-bond acceptors (Lipinski definition) is 5. The molecule has 160 valence electrons. The summed E-state index contributed by atoms with van der Waals surface area (Å²) in [5.74, 6) is 1.78. The van der Waals surface area contributed by atoms with E-state index < -0.39 is 6.10 Å². The highest BCUT2D eigenvalue weighted by molar-refractivity contribution is 6.00. The first kappa shape index (κ1) is 20.7. The minimum atomic E-state index is -0.662. The Morgan fingerprint density at radius 2 is 1.93 bits per heavy atom. The van der Waals surface area contributed by atoms with Crippen LogP contribution in [0.15, 0.2) is 42.5 Å². The number of carbonyl (C=O) groups is 1. The van der Waals surface area contributed by atoms with E-state index in [0.717, 1.165) is 31.4 Å². The molecule has 1 heterocycles. The van der Waals surface area contributed by atoms with E-state index in [2.05, 4.69) is 25.2 Å². The average molecular weight is 410 g/mol. The molecule has 5 nitrogen and oxygen atoms in total. The van der Waals surface area contributed by atoms with Crippen LogP contribution in [0.2, 0.25) is 0 Å². The molecule has 0 radical (unpaired) electrons. The lowest BCUT2D eigenvalue weighted by atomic mass is 9.88. The van der Waals surface area contributed by atoms with Gasteiger partial charge < -0.3 is 19.9 Å². The molecule has 2 aromatic rings. The lowest BCUT2D eigenvalue weighted by Gasteiger charge is -2.34.